The Bertz CT molecular complexity index is 616. The number of ether oxygens (including phenoxy) is 1. The Hall–Kier alpha value is -1.38. The van der Waals surface area contributed by atoms with Crippen LogP contribution in [-0.2, 0) is 10.9 Å². The average Bonchev–Trinajstić information content (AvgIpc) is 2.62. The molecular formula is C19H28F3N3OS. The number of hydrogen-bond acceptors (Lipinski definition) is 3. The van der Waals surface area contributed by atoms with Gasteiger partial charge in [0.25, 0.3) is 0 Å². The standard InChI is InChI=1S/C19H28F3N3OS/c1-14(2)24-9-7-17(8-10-24)25(11-12-26-3)18(27)23-16-6-4-5-15(13-16)19(20,21)22/h4-6,13-14,17H,7-12H2,1-3H3,(H,23,27). The maximum absolute atomic E-state index is 12.9. The van der Waals surface area contributed by atoms with Crippen molar-refractivity contribution in [2.75, 3.05) is 38.7 Å². The van der Waals surface area contributed by atoms with Crippen LogP contribution in [0.2, 0.25) is 0 Å². The van der Waals surface area contributed by atoms with Gasteiger partial charge in [-0.15, -0.1) is 0 Å². The number of nitrogens with one attached hydrogen (secondary N) is 1. The molecule has 0 atom stereocenters. The summed E-state index contributed by atoms with van der Waals surface area (Å²) < 4.78 is 44.0. The van der Waals surface area contributed by atoms with Crippen LogP contribution in [0, 0.1) is 0 Å². The van der Waals surface area contributed by atoms with E-state index in [0.717, 1.165) is 38.1 Å². The van der Waals surface area contributed by atoms with Crippen LogP contribution < -0.4 is 5.32 Å². The zero-order valence-electron chi connectivity index (χ0n) is 16.1. The minimum atomic E-state index is -4.38. The molecule has 0 aromatic heterocycles. The molecule has 1 fully saturated rings. The third-order valence-electron chi connectivity index (χ3n) is 4.91. The van der Waals surface area contributed by atoms with E-state index >= 15 is 0 Å². The molecule has 1 aliphatic heterocycles. The molecular weight excluding hydrogens is 375 g/mol. The zero-order chi connectivity index (χ0) is 20.0. The Morgan fingerprint density at radius 1 is 1.33 bits per heavy atom. The molecule has 0 aliphatic carbocycles. The van der Waals surface area contributed by atoms with Crippen LogP contribution in [0.4, 0.5) is 18.9 Å². The Labute approximate surface area is 164 Å². The number of rotatable bonds is 6. The van der Waals surface area contributed by atoms with Gasteiger partial charge in [0.1, 0.15) is 0 Å². The molecule has 0 bridgehead atoms. The van der Waals surface area contributed by atoms with E-state index in [0.29, 0.717) is 30.0 Å². The number of likely N-dealkylation sites (tertiary alicyclic amines) is 1. The molecule has 0 amide bonds. The fourth-order valence-corrected chi connectivity index (χ4v) is 3.68. The fourth-order valence-electron chi connectivity index (χ4n) is 3.32. The summed E-state index contributed by atoms with van der Waals surface area (Å²) in [6, 6.07) is 5.88. The summed E-state index contributed by atoms with van der Waals surface area (Å²) in [5, 5.41) is 3.42. The van der Waals surface area contributed by atoms with Gasteiger partial charge < -0.3 is 19.9 Å². The van der Waals surface area contributed by atoms with E-state index in [1.54, 1.807) is 13.2 Å². The molecule has 0 saturated carbocycles. The van der Waals surface area contributed by atoms with Crippen LogP contribution in [0.25, 0.3) is 0 Å². The highest BCUT2D eigenvalue weighted by Crippen LogP contribution is 2.31. The van der Waals surface area contributed by atoms with Crippen molar-refractivity contribution in [1.29, 1.82) is 0 Å². The first kappa shape index (κ1) is 21.9. The summed E-state index contributed by atoms with van der Waals surface area (Å²) in [6.45, 7) is 7.45. The van der Waals surface area contributed by atoms with E-state index in [1.807, 2.05) is 0 Å². The van der Waals surface area contributed by atoms with Gasteiger partial charge in [-0.25, -0.2) is 0 Å². The van der Waals surface area contributed by atoms with E-state index in [9.17, 15) is 13.2 Å². The molecule has 0 radical (unpaired) electrons. The number of anilines is 1. The Kier molecular flexibility index (Phi) is 7.88. The number of thiocarbonyl (C=S) groups is 1. The first-order chi connectivity index (χ1) is 12.7. The second-order valence-electron chi connectivity index (χ2n) is 7.06. The molecule has 0 spiro atoms. The zero-order valence-corrected chi connectivity index (χ0v) is 16.9. The molecule has 2 rings (SSSR count). The Morgan fingerprint density at radius 3 is 2.56 bits per heavy atom. The molecule has 1 aromatic carbocycles. The van der Waals surface area contributed by atoms with Gasteiger partial charge in [-0.3, -0.25) is 0 Å². The normalized spacial score (nSPS) is 16.6. The van der Waals surface area contributed by atoms with Crippen LogP contribution in [0.3, 0.4) is 0 Å². The van der Waals surface area contributed by atoms with Crippen molar-refractivity contribution in [3.63, 3.8) is 0 Å². The van der Waals surface area contributed by atoms with E-state index in [-0.39, 0.29) is 6.04 Å². The van der Waals surface area contributed by atoms with Gasteiger partial charge in [-0.1, -0.05) is 6.07 Å². The topological polar surface area (TPSA) is 27.7 Å². The highest BCUT2D eigenvalue weighted by Gasteiger charge is 2.31. The van der Waals surface area contributed by atoms with E-state index in [4.69, 9.17) is 17.0 Å². The number of nitrogens with zero attached hydrogens (tertiary/aromatic N) is 2. The van der Waals surface area contributed by atoms with Gasteiger partial charge in [0.05, 0.1) is 12.2 Å². The smallest absolute Gasteiger partial charge is 0.383 e. The van der Waals surface area contributed by atoms with Crippen LogP contribution in [-0.4, -0.2) is 60.3 Å². The van der Waals surface area contributed by atoms with Crippen molar-refractivity contribution in [3.8, 4) is 0 Å². The quantitative estimate of drug-likeness (QED) is 0.718. The lowest BCUT2D eigenvalue weighted by atomic mass is 10.0. The predicted molar refractivity (Wildman–Crippen MR) is 106 cm³/mol. The maximum Gasteiger partial charge on any atom is 0.416 e. The number of alkyl halides is 3. The average molecular weight is 404 g/mol. The summed E-state index contributed by atoms with van der Waals surface area (Å²) in [4.78, 5) is 4.48. The Morgan fingerprint density at radius 2 is 2.00 bits per heavy atom. The second-order valence-corrected chi connectivity index (χ2v) is 7.44. The van der Waals surface area contributed by atoms with Gasteiger partial charge >= 0.3 is 6.18 Å². The van der Waals surface area contributed by atoms with Crippen molar-refractivity contribution in [3.05, 3.63) is 29.8 Å². The molecule has 1 N–H and O–H groups in total. The lowest BCUT2D eigenvalue weighted by Crippen LogP contribution is -2.50. The molecule has 27 heavy (non-hydrogen) atoms. The largest absolute Gasteiger partial charge is 0.416 e. The highest BCUT2D eigenvalue weighted by atomic mass is 32.1. The summed E-state index contributed by atoms with van der Waals surface area (Å²) in [7, 11) is 1.63. The summed E-state index contributed by atoms with van der Waals surface area (Å²) >= 11 is 5.53. The van der Waals surface area contributed by atoms with Gasteiger partial charge in [-0.2, -0.15) is 13.2 Å². The highest BCUT2D eigenvalue weighted by molar-refractivity contribution is 7.80. The number of hydrogen-bond donors (Lipinski definition) is 1. The third kappa shape index (κ3) is 6.33. The molecule has 1 saturated heterocycles. The number of halogens is 3. The van der Waals surface area contributed by atoms with E-state index < -0.39 is 11.7 Å². The molecule has 1 aromatic rings. The minimum Gasteiger partial charge on any atom is -0.383 e. The molecule has 152 valence electrons. The summed E-state index contributed by atoms with van der Waals surface area (Å²) in [5.41, 5.74) is -0.346. The Balaban J connectivity index is 2.07. The first-order valence-electron chi connectivity index (χ1n) is 9.20. The van der Waals surface area contributed by atoms with Crippen molar-refractivity contribution < 1.29 is 17.9 Å². The fraction of sp³-hybridized carbons (Fsp3) is 0.632. The molecule has 4 nitrogen and oxygen atoms in total. The number of methoxy groups -OCH3 is 1. The monoisotopic (exact) mass is 403 g/mol. The van der Waals surface area contributed by atoms with Crippen LogP contribution >= 0.6 is 12.2 Å². The van der Waals surface area contributed by atoms with Crippen LogP contribution in [0.15, 0.2) is 24.3 Å². The summed E-state index contributed by atoms with van der Waals surface area (Å²) in [6.07, 6.45) is -2.45. The number of piperidine rings is 1. The molecule has 1 aliphatic rings. The first-order valence-corrected chi connectivity index (χ1v) is 9.61. The van der Waals surface area contributed by atoms with Gasteiger partial charge in [0.15, 0.2) is 5.11 Å². The third-order valence-corrected chi connectivity index (χ3v) is 5.25. The predicted octanol–water partition coefficient (Wildman–Crippen LogP) is 4.22. The van der Waals surface area contributed by atoms with Crippen LogP contribution in [0.1, 0.15) is 32.3 Å². The molecule has 1 heterocycles. The van der Waals surface area contributed by atoms with Gasteiger partial charge in [-0.05, 0) is 57.1 Å². The lowest BCUT2D eigenvalue weighted by Gasteiger charge is -2.41. The van der Waals surface area contributed by atoms with E-state index in [1.165, 1.54) is 6.07 Å². The molecule has 0 unspecified atom stereocenters. The van der Waals surface area contributed by atoms with Crippen molar-refractivity contribution in [2.45, 2.75) is 44.9 Å². The van der Waals surface area contributed by atoms with Gasteiger partial charge in [0.2, 0.25) is 0 Å². The maximum atomic E-state index is 12.9. The van der Waals surface area contributed by atoms with Crippen molar-refractivity contribution in [2.24, 2.45) is 0 Å². The van der Waals surface area contributed by atoms with Crippen molar-refractivity contribution in [1.82, 2.24) is 9.80 Å². The van der Waals surface area contributed by atoms with Crippen LogP contribution in [0.5, 0.6) is 0 Å². The lowest BCUT2D eigenvalue weighted by molar-refractivity contribution is -0.137. The number of benzene rings is 1. The van der Waals surface area contributed by atoms with Gasteiger partial charge in [0, 0.05) is 44.5 Å². The van der Waals surface area contributed by atoms with E-state index in [2.05, 4.69) is 29.0 Å². The second kappa shape index (κ2) is 9.71. The SMILES string of the molecule is COCCN(C(=S)Nc1cccc(C(F)(F)F)c1)C1CCN(C(C)C)CC1. The summed E-state index contributed by atoms with van der Waals surface area (Å²) in [5.74, 6) is 0. The molecule has 8 heteroatoms. The minimum absolute atomic E-state index is 0.251. The van der Waals surface area contributed by atoms with Crippen molar-refractivity contribution >= 4 is 23.0 Å².